The molecule has 0 aliphatic carbocycles. The minimum Gasteiger partial charge on any atom is -0.304 e. The molecule has 0 unspecified atom stereocenters. The third-order valence-corrected chi connectivity index (χ3v) is 5.38. The van der Waals surface area contributed by atoms with Crippen LogP contribution in [-0.2, 0) is 14.8 Å². The number of hydrazine groups is 1. The van der Waals surface area contributed by atoms with E-state index in [0.717, 1.165) is 0 Å². The monoisotopic (exact) mass is 278 g/mol. The highest BCUT2D eigenvalue weighted by Gasteiger charge is 2.36. The predicted octanol–water partition coefficient (Wildman–Crippen LogP) is -1.42. The molecule has 0 saturated carbocycles. The lowest BCUT2D eigenvalue weighted by Crippen LogP contribution is -2.51. The van der Waals surface area contributed by atoms with Crippen molar-refractivity contribution < 1.29 is 13.2 Å². The van der Waals surface area contributed by atoms with E-state index in [1.165, 1.54) is 4.31 Å². The molecule has 1 aliphatic heterocycles. The van der Waals surface area contributed by atoms with Crippen LogP contribution in [0, 0.1) is 5.41 Å². The van der Waals surface area contributed by atoms with Crippen molar-refractivity contribution in [3.8, 4) is 0 Å². The van der Waals surface area contributed by atoms with Crippen LogP contribution in [0.15, 0.2) is 0 Å². The van der Waals surface area contributed by atoms with Gasteiger partial charge in [-0.25, -0.2) is 14.3 Å². The first-order valence-corrected chi connectivity index (χ1v) is 7.47. The molecule has 1 amide bonds. The summed E-state index contributed by atoms with van der Waals surface area (Å²) < 4.78 is 25.9. The number of carbonyl (C=O) groups excluding carboxylic acids is 1. The van der Waals surface area contributed by atoms with Gasteiger partial charge in [-0.1, -0.05) is 0 Å². The Balaban J connectivity index is 2.73. The molecule has 0 aromatic heterocycles. The second-order valence-electron chi connectivity index (χ2n) is 5.32. The Labute approximate surface area is 108 Å². The van der Waals surface area contributed by atoms with E-state index in [0.29, 0.717) is 26.2 Å². The first kappa shape index (κ1) is 15.4. The fourth-order valence-corrected chi connectivity index (χ4v) is 3.82. The van der Waals surface area contributed by atoms with Gasteiger partial charge in [0.1, 0.15) is 0 Å². The predicted molar refractivity (Wildman–Crippen MR) is 69.0 cm³/mol. The normalized spacial score (nSPS) is 19.8. The molecular formula is C10H22N4O3S. The SMILES string of the molecule is CN1CCN(S(=O)(=O)CC(C)(C)C(=O)NN)CC1. The molecule has 106 valence electrons. The molecule has 0 spiro atoms. The number of hydrogen-bond acceptors (Lipinski definition) is 5. The van der Waals surface area contributed by atoms with Gasteiger partial charge in [0.2, 0.25) is 15.9 Å². The smallest absolute Gasteiger partial charge is 0.240 e. The summed E-state index contributed by atoms with van der Waals surface area (Å²) >= 11 is 0. The molecule has 18 heavy (non-hydrogen) atoms. The molecule has 0 aromatic carbocycles. The van der Waals surface area contributed by atoms with Gasteiger partial charge in [-0.15, -0.1) is 0 Å². The highest BCUT2D eigenvalue weighted by atomic mass is 32.2. The summed E-state index contributed by atoms with van der Waals surface area (Å²) in [6.45, 7) is 5.51. The zero-order valence-corrected chi connectivity index (χ0v) is 12.0. The maximum Gasteiger partial charge on any atom is 0.240 e. The molecular weight excluding hydrogens is 256 g/mol. The molecule has 0 bridgehead atoms. The van der Waals surface area contributed by atoms with Crippen LogP contribution in [0.1, 0.15) is 13.8 Å². The van der Waals surface area contributed by atoms with Gasteiger partial charge in [0, 0.05) is 26.2 Å². The second kappa shape index (κ2) is 5.52. The first-order valence-electron chi connectivity index (χ1n) is 5.86. The summed E-state index contributed by atoms with van der Waals surface area (Å²) in [5.74, 6) is 4.36. The average Bonchev–Trinajstić information content (AvgIpc) is 2.27. The number of nitrogens with zero attached hydrogens (tertiary/aromatic N) is 2. The van der Waals surface area contributed by atoms with Crippen molar-refractivity contribution in [3.05, 3.63) is 0 Å². The van der Waals surface area contributed by atoms with E-state index >= 15 is 0 Å². The second-order valence-corrected chi connectivity index (χ2v) is 7.28. The fourth-order valence-electron chi connectivity index (χ4n) is 1.87. The number of likely N-dealkylation sites (N-methyl/N-ethyl adjacent to an activating group) is 1. The molecule has 8 heteroatoms. The lowest BCUT2D eigenvalue weighted by atomic mass is 9.96. The molecule has 0 atom stereocenters. The van der Waals surface area contributed by atoms with Crippen molar-refractivity contribution >= 4 is 15.9 Å². The van der Waals surface area contributed by atoms with Crippen LogP contribution in [0.3, 0.4) is 0 Å². The number of piperazine rings is 1. The summed E-state index contributed by atoms with van der Waals surface area (Å²) in [4.78, 5) is 13.6. The molecule has 7 nitrogen and oxygen atoms in total. The standard InChI is InChI=1S/C10H22N4O3S/c1-10(2,9(15)12-11)8-18(16,17)14-6-4-13(3)5-7-14/h4-8,11H2,1-3H3,(H,12,15). The number of rotatable bonds is 4. The summed E-state index contributed by atoms with van der Waals surface area (Å²) in [5, 5.41) is 0. The van der Waals surface area contributed by atoms with Crippen LogP contribution >= 0.6 is 0 Å². The fraction of sp³-hybridized carbons (Fsp3) is 0.900. The minimum absolute atomic E-state index is 0.229. The Kier molecular flexibility index (Phi) is 4.71. The molecule has 0 aromatic rings. The lowest BCUT2D eigenvalue weighted by molar-refractivity contribution is -0.128. The van der Waals surface area contributed by atoms with Crippen LogP contribution in [0.5, 0.6) is 0 Å². The van der Waals surface area contributed by atoms with Crippen molar-refractivity contribution in [1.82, 2.24) is 14.6 Å². The number of carbonyl (C=O) groups is 1. The molecule has 1 aliphatic rings. The van der Waals surface area contributed by atoms with E-state index in [-0.39, 0.29) is 5.75 Å². The van der Waals surface area contributed by atoms with Gasteiger partial charge in [0.05, 0.1) is 11.2 Å². The quantitative estimate of drug-likeness (QED) is 0.374. The van der Waals surface area contributed by atoms with Gasteiger partial charge in [0.15, 0.2) is 0 Å². The van der Waals surface area contributed by atoms with E-state index in [1.54, 1.807) is 13.8 Å². The van der Waals surface area contributed by atoms with Crippen molar-refractivity contribution in [3.63, 3.8) is 0 Å². The summed E-state index contributed by atoms with van der Waals surface area (Å²) in [7, 11) is -1.48. The number of nitrogens with one attached hydrogen (secondary N) is 1. The van der Waals surface area contributed by atoms with Gasteiger partial charge >= 0.3 is 0 Å². The van der Waals surface area contributed by atoms with Crippen molar-refractivity contribution in [2.24, 2.45) is 11.3 Å². The minimum atomic E-state index is -3.43. The van der Waals surface area contributed by atoms with Crippen LogP contribution in [0.2, 0.25) is 0 Å². The number of hydrogen-bond donors (Lipinski definition) is 2. The Morgan fingerprint density at radius 3 is 2.22 bits per heavy atom. The first-order chi connectivity index (χ1) is 8.19. The van der Waals surface area contributed by atoms with Crippen LogP contribution < -0.4 is 11.3 Å². The lowest BCUT2D eigenvalue weighted by Gasteiger charge is -2.33. The van der Waals surface area contributed by atoms with Crippen molar-refractivity contribution in [2.75, 3.05) is 39.0 Å². The summed E-state index contributed by atoms with van der Waals surface area (Å²) in [5.41, 5.74) is 0.977. The molecule has 3 N–H and O–H groups in total. The number of amides is 1. The molecule has 1 rings (SSSR count). The van der Waals surface area contributed by atoms with E-state index in [4.69, 9.17) is 5.84 Å². The van der Waals surface area contributed by atoms with Crippen LogP contribution in [-0.4, -0.2) is 62.5 Å². The third-order valence-electron chi connectivity index (χ3n) is 3.14. The Morgan fingerprint density at radius 1 is 1.28 bits per heavy atom. The molecule has 0 radical (unpaired) electrons. The molecule has 1 heterocycles. The average molecular weight is 278 g/mol. The number of nitrogens with two attached hydrogens (primary N) is 1. The molecule has 1 saturated heterocycles. The molecule has 1 fully saturated rings. The summed E-state index contributed by atoms with van der Waals surface area (Å²) in [6.07, 6.45) is 0. The van der Waals surface area contributed by atoms with Gasteiger partial charge in [-0.2, -0.15) is 4.31 Å². The van der Waals surface area contributed by atoms with E-state index in [2.05, 4.69) is 4.90 Å². The van der Waals surface area contributed by atoms with Gasteiger partial charge in [-0.3, -0.25) is 10.2 Å². The largest absolute Gasteiger partial charge is 0.304 e. The maximum atomic E-state index is 12.2. The highest BCUT2D eigenvalue weighted by molar-refractivity contribution is 7.89. The summed E-state index contributed by atoms with van der Waals surface area (Å²) in [6, 6.07) is 0. The van der Waals surface area contributed by atoms with Crippen molar-refractivity contribution in [2.45, 2.75) is 13.8 Å². The van der Waals surface area contributed by atoms with E-state index in [1.807, 2.05) is 12.5 Å². The van der Waals surface area contributed by atoms with Crippen molar-refractivity contribution in [1.29, 1.82) is 0 Å². The van der Waals surface area contributed by atoms with E-state index < -0.39 is 21.3 Å². The Morgan fingerprint density at radius 2 is 1.78 bits per heavy atom. The topological polar surface area (TPSA) is 95.7 Å². The van der Waals surface area contributed by atoms with Crippen LogP contribution in [0.25, 0.3) is 0 Å². The van der Waals surface area contributed by atoms with Gasteiger partial charge in [-0.05, 0) is 20.9 Å². The number of sulfonamides is 1. The zero-order chi connectivity index (χ0) is 14.0. The Hall–Kier alpha value is -0.700. The van der Waals surface area contributed by atoms with Gasteiger partial charge < -0.3 is 4.90 Å². The maximum absolute atomic E-state index is 12.2. The third kappa shape index (κ3) is 3.64. The highest BCUT2D eigenvalue weighted by Crippen LogP contribution is 2.20. The Bertz CT molecular complexity index is 399. The van der Waals surface area contributed by atoms with Gasteiger partial charge in [0.25, 0.3) is 0 Å². The zero-order valence-electron chi connectivity index (χ0n) is 11.1. The van der Waals surface area contributed by atoms with Crippen LogP contribution in [0.4, 0.5) is 0 Å². The van der Waals surface area contributed by atoms with E-state index in [9.17, 15) is 13.2 Å².